The Labute approximate surface area is 112 Å². The number of likely N-dealkylation sites (tertiary alicyclic amines) is 1. The Bertz CT molecular complexity index is 250. The maximum Gasteiger partial charge on any atom is 0.191 e. The van der Waals surface area contributed by atoms with Gasteiger partial charge in [-0.3, -0.25) is 4.99 Å². The van der Waals surface area contributed by atoms with E-state index in [0.29, 0.717) is 6.04 Å². The zero-order valence-corrected chi connectivity index (χ0v) is 12.5. The van der Waals surface area contributed by atoms with Crippen molar-refractivity contribution in [3.8, 4) is 0 Å². The third-order valence-corrected chi connectivity index (χ3v) is 3.19. The number of nitrogens with one attached hydrogen (secondary N) is 2. The molecule has 1 saturated heterocycles. The van der Waals surface area contributed by atoms with Crippen LogP contribution in [0.2, 0.25) is 0 Å². The van der Waals surface area contributed by atoms with Gasteiger partial charge < -0.3 is 15.5 Å². The average molecular weight is 254 g/mol. The summed E-state index contributed by atoms with van der Waals surface area (Å²) in [5, 5.41) is 6.67. The fraction of sp³-hybridized carbons (Fsp3) is 0.929. The van der Waals surface area contributed by atoms with E-state index in [1.165, 1.54) is 32.5 Å². The van der Waals surface area contributed by atoms with Crippen molar-refractivity contribution < 1.29 is 0 Å². The van der Waals surface area contributed by atoms with Crippen LogP contribution >= 0.6 is 0 Å². The van der Waals surface area contributed by atoms with Crippen molar-refractivity contribution in [3.05, 3.63) is 0 Å². The number of hydrogen-bond acceptors (Lipinski definition) is 2. The minimum Gasteiger partial charge on any atom is -0.357 e. The maximum absolute atomic E-state index is 4.70. The minimum atomic E-state index is 0.433. The van der Waals surface area contributed by atoms with E-state index in [4.69, 9.17) is 4.99 Å². The minimum absolute atomic E-state index is 0.433. The monoisotopic (exact) mass is 254 g/mol. The van der Waals surface area contributed by atoms with Gasteiger partial charge in [0.25, 0.3) is 0 Å². The molecule has 1 unspecified atom stereocenters. The van der Waals surface area contributed by atoms with Crippen LogP contribution in [0.25, 0.3) is 0 Å². The van der Waals surface area contributed by atoms with E-state index >= 15 is 0 Å². The summed E-state index contributed by atoms with van der Waals surface area (Å²) in [6.07, 6.45) is 2.55. The zero-order chi connectivity index (χ0) is 13.4. The summed E-state index contributed by atoms with van der Waals surface area (Å²) in [6.45, 7) is 14.2. The summed E-state index contributed by atoms with van der Waals surface area (Å²) in [5.41, 5.74) is 0. The third kappa shape index (κ3) is 5.71. The lowest BCUT2D eigenvalue weighted by Gasteiger charge is -2.16. The van der Waals surface area contributed by atoms with Crippen LogP contribution in [0.15, 0.2) is 4.99 Å². The number of rotatable bonds is 6. The van der Waals surface area contributed by atoms with Gasteiger partial charge >= 0.3 is 0 Å². The first-order chi connectivity index (χ1) is 8.65. The normalized spacial score (nSPS) is 21.6. The van der Waals surface area contributed by atoms with Crippen LogP contribution < -0.4 is 10.6 Å². The van der Waals surface area contributed by atoms with Gasteiger partial charge in [-0.05, 0) is 52.6 Å². The number of aliphatic imine (C=N–C) groups is 1. The van der Waals surface area contributed by atoms with Gasteiger partial charge in [0.1, 0.15) is 0 Å². The van der Waals surface area contributed by atoms with E-state index in [2.05, 4.69) is 43.2 Å². The molecular weight excluding hydrogens is 224 g/mol. The highest BCUT2D eigenvalue weighted by molar-refractivity contribution is 5.79. The average Bonchev–Trinajstić information content (AvgIpc) is 2.74. The Morgan fingerprint density at radius 2 is 2.17 bits per heavy atom. The van der Waals surface area contributed by atoms with Gasteiger partial charge in [-0.1, -0.05) is 6.92 Å². The van der Waals surface area contributed by atoms with Crippen LogP contribution in [0.3, 0.4) is 0 Å². The predicted octanol–water partition coefficient (Wildman–Crippen LogP) is 1.68. The molecule has 2 N–H and O–H groups in total. The Balaban J connectivity index is 2.36. The highest BCUT2D eigenvalue weighted by Crippen LogP contribution is 2.16. The van der Waals surface area contributed by atoms with Crippen LogP contribution in [0.5, 0.6) is 0 Å². The van der Waals surface area contributed by atoms with Crippen LogP contribution in [-0.2, 0) is 0 Å². The first-order valence-electron chi connectivity index (χ1n) is 7.42. The molecule has 106 valence electrons. The van der Waals surface area contributed by atoms with Gasteiger partial charge in [-0.25, -0.2) is 0 Å². The van der Waals surface area contributed by atoms with E-state index in [0.717, 1.165) is 25.0 Å². The van der Waals surface area contributed by atoms with Crippen LogP contribution in [0.4, 0.5) is 0 Å². The predicted molar refractivity (Wildman–Crippen MR) is 79.1 cm³/mol. The molecule has 1 fully saturated rings. The third-order valence-electron chi connectivity index (χ3n) is 3.19. The quantitative estimate of drug-likeness (QED) is 0.560. The molecule has 1 aliphatic rings. The lowest BCUT2D eigenvalue weighted by Crippen LogP contribution is -2.41. The smallest absolute Gasteiger partial charge is 0.191 e. The highest BCUT2D eigenvalue weighted by atomic mass is 15.2. The first-order valence-corrected chi connectivity index (χ1v) is 7.42. The fourth-order valence-corrected chi connectivity index (χ4v) is 2.40. The van der Waals surface area contributed by atoms with Crippen molar-refractivity contribution in [2.24, 2.45) is 10.9 Å². The molecule has 1 atom stereocenters. The number of nitrogens with zero attached hydrogens (tertiary/aromatic N) is 2. The largest absolute Gasteiger partial charge is 0.357 e. The topological polar surface area (TPSA) is 39.7 Å². The molecule has 0 aromatic heterocycles. The van der Waals surface area contributed by atoms with Crippen LogP contribution in [-0.4, -0.2) is 49.6 Å². The molecule has 0 radical (unpaired) electrons. The molecule has 1 heterocycles. The van der Waals surface area contributed by atoms with Crippen molar-refractivity contribution in [1.29, 1.82) is 0 Å². The molecule has 0 amide bonds. The van der Waals surface area contributed by atoms with Crippen molar-refractivity contribution in [2.75, 3.05) is 32.7 Å². The summed E-state index contributed by atoms with van der Waals surface area (Å²) >= 11 is 0. The molecule has 0 aliphatic carbocycles. The molecule has 0 aromatic rings. The second-order valence-corrected chi connectivity index (χ2v) is 5.47. The van der Waals surface area contributed by atoms with Crippen LogP contribution in [0.1, 0.15) is 40.5 Å². The second-order valence-electron chi connectivity index (χ2n) is 5.47. The van der Waals surface area contributed by atoms with Gasteiger partial charge in [-0.15, -0.1) is 0 Å². The molecular formula is C14H30N4. The molecule has 0 spiro atoms. The Morgan fingerprint density at radius 1 is 1.39 bits per heavy atom. The molecule has 0 aromatic carbocycles. The molecule has 1 aliphatic heterocycles. The summed E-state index contributed by atoms with van der Waals surface area (Å²) in [7, 11) is 0. The number of hydrogen-bond donors (Lipinski definition) is 2. The van der Waals surface area contributed by atoms with E-state index in [9.17, 15) is 0 Å². The van der Waals surface area contributed by atoms with Gasteiger partial charge in [0.15, 0.2) is 5.96 Å². The summed E-state index contributed by atoms with van der Waals surface area (Å²) in [5.74, 6) is 1.70. The first kappa shape index (κ1) is 15.3. The van der Waals surface area contributed by atoms with Crippen molar-refractivity contribution in [3.63, 3.8) is 0 Å². The standard InChI is InChI=1S/C14H30N4/c1-5-8-18-9-7-13(11-18)10-16-14(15-6-2)17-12(3)4/h12-13H,5-11H2,1-4H3,(H2,15,16,17). The molecule has 0 saturated carbocycles. The lowest BCUT2D eigenvalue weighted by atomic mass is 10.1. The van der Waals surface area contributed by atoms with Gasteiger partial charge in [0, 0.05) is 25.7 Å². The second kappa shape index (κ2) is 8.35. The van der Waals surface area contributed by atoms with Crippen LogP contribution in [0, 0.1) is 5.92 Å². The highest BCUT2D eigenvalue weighted by Gasteiger charge is 2.21. The van der Waals surface area contributed by atoms with Crippen molar-refractivity contribution in [2.45, 2.75) is 46.6 Å². The molecule has 0 bridgehead atoms. The Morgan fingerprint density at radius 3 is 2.78 bits per heavy atom. The van der Waals surface area contributed by atoms with E-state index in [1.54, 1.807) is 0 Å². The van der Waals surface area contributed by atoms with Crippen molar-refractivity contribution >= 4 is 5.96 Å². The van der Waals surface area contributed by atoms with E-state index in [-0.39, 0.29) is 0 Å². The zero-order valence-electron chi connectivity index (χ0n) is 12.5. The van der Waals surface area contributed by atoms with E-state index in [1.807, 2.05) is 0 Å². The molecule has 1 rings (SSSR count). The fourth-order valence-electron chi connectivity index (χ4n) is 2.40. The number of guanidine groups is 1. The summed E-state index contributed by atoms with van der Waals surface area (Å²) in [4.78, 5) is 7.26. The molecule has 4 heteroatoms. The van der Waals surface area contributed by atoms with Gasteiger partial charge in [0.2, 0.25) is 0 Å². The van der Waals surface area contributed by atoms with E-state index < -0.39 is 0 Å². The maximum atomic E-state index is 4.70. The Hall–Kier alpha value is -0.770. The molecule has 18 heavy (non-hydrogen) atoms. The lowest BCUT2D eigenvalue weighted by molar-refractivity contribution is 0.326. The van der Waals surface area contributed by atoms with Gasteiger partial charge in [0.05, 0.1) is 0 Å². The van der Waals surface area contributed by atoms with Crippen molar-refractivity contribution in [1.82, 2.24) is 15.5 Å². The van der Waals surface area contributed by atoms with Gasteiger partial charge in [-0.2, -0.15) is 0 Å². The summed E-state index contributed by atoms with van der Waals surface area (Å²) in [6, 6.07) is 0.433. The summed E-state index contributed by atoms with van der Waals surface area (Å²) < 4.78 is 0. The molecule has 4 nitrogen and oxygen atoms in total. The SMILES string of the molecule is CCCN1CCC(CN=C(NCC)NC(C)C)C1. The Kier molecular flexibility index (Phi) is 7.09.